The lowest BCUT2D eigenvalue weighted by atomic mass is 9.74. The third-order valence-corrected chi connectivity index (χ3v) is 7.46. The van der Waals surface area contributed by atoms with Crippen LogP contribution in [0, 0.1) is 40.1 Å². The van der Waals surface area contributed by atoms with Crippen molar-refractivity contribution in [2.45, 2.75) is 73.7 Å². The standard InChI is InChI=1S/C32H38F3NO4Si/c1-10-39-30(38)23-18-36(28(31(2,3)4)29(32(5,6)7)40-41(8)9)26-17-25(35)20(15-22(26)27(23)37)12-11-19-13-14-21(33)16-24(19)34/h13-18,28-29,41H,10H2,1-9H3/t28-,29?/m1/s1. The highest BCUT2D eigenvalue weighted by molar-refractivity contribution is 6.48. The van der Waals surface area contributed by atoms with Crippen LogP contribution < -0.4 is 5.43 Å². The molecular weight excluding hydrogens is 547 g/mol. The number of benzene rings is 2. The molecule has 2 atom stereocenters. The molecule has 0 spiro atoms. The van der Waals surface area contributed by atoms with Crippen LogP contribution in [0.2, 0.25) is 13.1 Å². The Kier molecular flexibility index (Phi) is 9.61. The lowest BCUT2D eigenvalue weighted by Gasteiger charge is -2.46. The monoisotopic (exact) mass is 585 g/mol. The molecule has 0 aliphatic heterocycles. The van der Waals surface area contributed by atoms with Gasteiger partial charge >= 0.3 is 5.97 Å². The average Bonchev–Trinajstić information content (AvgIpc) is 2.83. The van der Waals surface area contributed by atoms with Crippen molar-refractivity contribution < 1.29 is 27.1 Å². The molecule has 5 nitrogen and oxygen atoms in total. The number of pyridine rings is 1. The number of esters is 1. The Morgan fingerprint density at radius 2 is 1.56 bits per heavy atom. The van der Waals surface area contributed by atoms with E-state index in [0.29, 0.717) is 6.07 Å². The molecule has 220 valence electrons. The van der Waals surface area contributed by atoms with Gasteiger partial charge in [-0.3, -0.25) is 4.79 Å². The Labute approximate surface area is 241 Å². The summed E-state index contributed by atoms with van der Waals surface area (Å²) in [5.41, 5.74) is -1.66. The van der Waals surface area contributed by atoms with Gasteiger partial charge in [-0.2, -0.15) is 0 Å². The van der Waals surface area contributed by atoms with Crippen molar-refractivity contribution in [2.75, 3.05) is 6.61 Å². The van der Waals surface area contributed by atoms with Crippen LogP contribution in [0.15, 0.2) is 41.3 Å². The van der Waals surface area contributed by atoms with E-state index in [-0.39, 0.29) is 45.7 Å². The number of fused-ring (bicyclic) bond motifs is 1. The molecule has 1 heterocycles. The van der Waals surface area contributed by atoms with Crippen molar-refractivity contribution >= 4 is 25.9 Å². The molecule has 0 amide bonds. The maximum absolute atomic E-state index is 15.6. The van der Waals surface area contributed by atoms with Crippen LogP contribution in [0.25, 0.3) is 10.9 Å². The fourth-order valence-corrected chi connectivity index (χ4v) is 5.98. The van der Waals surface area contributed by atoms with Gasteiger partial charge in [0.25, 0.3) is 0 Å². The topological polar surface area (TPSA) is 57.5 Å². The van der Waals surface area contributed by atoms with Gasteiger partial charge in [-0.15, -0.1) is 0 Å². The fraction of sp³-hybridized carbons (Fsp3) is 0.438. The van der Waals surface area contributed by atoms with Crippen LogP contribution in [-0.4, -0.2) is 32.3 Å². The van der Waals surface area contributed by atoms with Crippen molar-refractivity contribution in [3.05, 3.63) is 80.9 Å². The summed E-state index contributed by atoms with van der Waals surface area (Å²) in [5.74, 6) is 1.90. The number of hydrogen-bond donors (Lipinski definition) is 0. The van der Waals surface area contributed by atoms with E-state index in [1.807, 2.05) is 20.8 Å². The fourth-order valence-electron chi connectivity index (χ4n) is 4.84. The van der Waals surface area contributed by atoms with Crippen LogP contribution in [0.4, 0.5) is 13.2 Å². The number of nitrogens with zero attached hydrogens (tertiary/aromatic N) is 1. The number of hydrogen-bond acceptors (Lipinski definition) is 4. The second kappa shape index (κ2) is 12.3. The highest BCUT2D eigenvalue weighted by atomic mass is 28.3. The molecule has 0 saturated carbocycles. The van der Waals surface area contributed by atoms with E-state index >= 15 is 4.39 Å². The first-order chi connectivity index (χ1) is 18.9. The third kappa shape index (κ3) is 7.30. The van der Waals surface area contributed by atoms with E-state index in [2.05, 4.69) is 45.7 Å². The van der Waals surface area contributed by atoms with E-state index in [9.17, 15) is 18.4 Å². The van der Waals surface area contributed by atoms with Crippen LogP contribution in [0.3, 0.4) is 0 Å². The Balaban J connectivity index is 2.41. The maximum atomic E-state index is 15.6. The Morgan fingerprint density at radius 3 is 2.10 bits per heavy atom. The summed E-state index contributed by atoms with van der Waals surface area (Å²) in [7, 11) is -1.57. The summed E-state index contributed by atoms with van der Waals surface area (Å²) in [6.07, 6.45) is 1.10. The van der Waals surface area contributed by atoms with E-state index in [1.165, 1.54) is 18.3 Å². The lowest BCUT2D eigenvalue weighted by molar-refractivity contribution is -0.00443. The van der Waals surface area contributed by atoms with Crippen LogP contribution >= 0.6 is 0 Å². The Hall–Kier alpha value is -3.35. The molecule has 9 heteroatoms. The molecule has 2 aromatic carbocycles. The summed E-state index contributed by atoms with van der Waals surface area (Å²) in [6, 6.07) is 4.95. The van der Waals surface area contributed by atoms with E-state index in [1.54, 1.807) is 11.5 Å². The Morgan fingerprint density at radius 1 is 0.951 bits per heavy atom. The van der Waals surface area contributed by atoms with Gasteiger partial charge < -0.3 is 13.7 Å². The minimum absolute atomic E-state index is 0.0598. The van der Waals surface area contributed by atoms with Crippen LogP contribution in [0.1, 0.15) is 76.0 Å². The number of halogens is 3. The zero-order chi connectivity index (χ0) is 30.9. The van der Waals surface area contributed by atoms with Gasteiger partial charge in [-0.05, 0) is 55.1 Å². The zero-order valence-electron chi connectivity index (χ0n) is 25.1. The smallest absolute Gasteiger partial charge is 0.343 e. The number of ether oxygens (including phenoxy) is 1. The lowest BCUT2D eigenvalue weighted by Crippen LogP contribution is -2.46. The van der Waals surface area contributed by atoms with Gasteiger partial charge in [0, 0.05) is 17.6 Å². The van der Waals surface area contributed by atoms with Gasteiger partial charge in [-0.1, -0.05) is 53.4 Å². The molecular formula is C32H38F3NO4Si. The van der Waals surface area contributed by atoms with Crippen LogP contribution in [0.5, 0.6) is 0 Å². The molecule has 41 heavy (non-hydrogen) atoms. The number of rotatable bonds is 6. The summed E-state index contributed by atoms with van der Waals surface area (Å²) in [5, 5.41) is 0.0598. The van der Waals surface area contributed by atoms with Crippen LogP contribution in [-0.2, 0) is 9.16 Å². The Bertz CT molecular complexity index is 1570. The zero-order valence-corrected chi connectivity index (χ0v) is 26.3. The summed E-state index contributed by atoms with van der Waals surface area (Å²) >= 11 is 0. The van der Waals surface area contributed by atoms with E-state index in [4.69, 9.17) is 9.16 Å². The van der Waals surface area contributed by atoms with Gasteiger partial charge in [0.1, 0.15) is 23.0 Å². The third-order valence-electron chi connectivity index (χ3n) is 6.63. The predicted octanol–water partition coefficient (Wildman–Crippen LogP) is 7.00. The van der Waals surface area contributed by atoms with Gasteiger partial charge in [0.2, 0.25) is 5.43 Å². The van der Waals surface area contributed by atoms with Crippen molar-refractivity contribution in [3.63, 3.8) is 0 Å². The molecule has 3 rings (SSSR count). The normalized spacial score (nSPS) is 13.6. The number of aromatic nitrogens is 1. The minimum Gasteiger partial charge on any atom is -0.462 e. The summed E-state index contributed by atoms with van der Waals surface area (Å²) in [4.78, 5) is 26.6. The van der Waals surface area contributed by atoms with E-state index < -0.39 is 49.3 Å². The summed E-state index contributed by atoms with van der Waals surface area (Å²) in [6.45, 7) is 18.1. The molecule has 0 radical (unpaired) electrons. The molecule has 1 unspecified atom stereocenters. The predicted molar refractivity (Wildman–Crippen MR) is 158 cm³/mol. The first-order valence-corrected chi connectivity index (χ1v) is 16.4. The largest absolute Gasteiger partial charge is 0.462 e. The molecule has 0 saturated heterocycles. The highest BCUT2D eigenvalue weighted by Gasteiger charge is 2.42. The quantitative estimate of drug-likeness (QED) is 0.178. The van der Waals surface area contributed by atoms with Crippen molar-refractivity contribution in [3.8, 4) is 11.8 Å². The average molecular weight is 586 g/mol. The van der Waals surface area contributed by atoms with Gasteiger partial charge in [0.15, 0.2) is 9.04 Å². The van der Waals surface area contributed by atoms with Crippen molar-refractivity contribution in [1.82, 2.24) is 4.57 Å². The van der Waals surface area contributed by atoms with E-state index in [0.717, 1.165) is 12.1 Å². The van der Waals surface area contributed by atoms with Gasteiger partial charge in [-0.25, -0.2) is 18.0 Å². The number of carbonyl (C=O) groups excluding carboxylic acids is 1. The summed E-state index contributed by atoms with van der Waals surface area (Å²) < 4.78 is 56.6. The molecule has 1 aromatic heterocycles. The molecule has 0 aliphatic rings. The first kappa shape index (κ1) is 32.2. The second-order valence-corrected chi connectivity index (χ2v) is 14.9. The highest BCUT2D eigenvalue weighted by Crippen LogP contribution is 2.43. The van der Waals surface area contributed by atoms with Gasteiger partial charge in [0.05, 0.1) is 35.4 Å². The maximum Gasteiger partial charge on any atom is 0.343 e. The SMILES string of the molecule is CCOC(=O)c1cn([C@H](C(O[SiH](C)C)C(C)(C)C)C(C)(C)C)c2cc(F)c(C#Cc3ccc(F)cc3F)cc2c1=O. The minimum atomic E-state index is -1.57. The molecule has 0 aliphatic carbocycles. The first-order valence-electron chi connectivity index (χ1n) is 13.6. The number of carbonyl (C=O) groups is 1. The van der Waals surface area contributed by atoms with Crippen molar-refractivity contribution in [2.24, 2.45) is 10.8 Å². The second-order valence-electron chi connectivity index (χ2n) is 12.5. The molecule has 3 aromatic rings. The van der Waals surface area contributed by atoms with Crippen molar-refractivity contribution in [1.29, 1.82) is 0 Å². The molecule has 0 fully saturated rings. The molecule has 0 bridgehead atoms. The molecule has 0 N–H and O–H groups in total.